The van der Waals surface area contributed by atoms with Gasteiger partial charge in [-0.1, -0.05) is 19.1 Å². The van der Waals surface area contributed by atoms with E-state index in [4.69, 9.17) is 5.11 Å². The lowest BCUT2D eigenvalue weighted by molar-refractivity contribution is 0.0697. The smallest absolute Gasteiger partial charge is 0.337 e. The molecule has 0 aliphatic heterocycles. The second-order valence-corrected chi connectivity index (χ2v) is 4.15. The minimum atomic E-state index is -1.09. The quantitative estimate of drug-likeness (QED) is 0.876. The number of rotatable bonds is 4. The summed E-state index contributed by atoms with van der Waals surface area (Å²) in [7, 11) is 1.49. The fourth-order valence-corrected chi connectivity index (χ4v) is 1.76. The van der Waals surface area contributed by atoms with Gasteiger partial charge in [-0.05, 0) is 12.1 Å². The van der Waals surface area contributed by atoms with Crippen molar-refractivity contribution in [2.24, 2.45) is 0 Å². The van der Waals surface area contributed by atoms with Crippen LogP contribution in [0.1, 0.15) is 33.7 Å². The van der Waals surface area contributed by atoms with Gasteiger partial charge in [-0.15, -0.1) is 5.10 Å². The average molecular weight is 274 g/mol. The van der Waals surface area contributed by atoms with Crippen LogP contribution in [0.4, 0.5) is 5.69 Å². The van der Waals surface area contributed by atoms with Gasteiger partial charge in [-0.25, -0.2) is 9.78 Å². The highest BCUT2D eigenvalue weighted by Gasteiger charge is 2.22. The molecule has 0 bridgehead atoms. The Morgan fingerprint density at radius 2 is 2.05 bits per heavy atom. The van der Waals surface area contributed by atoms with Crippen molar-refractivity contribution in [3.8, 4) is 0 Å². The maximum absolute atomic E-state index is 12.2. The summed E-state index contributed by atoms with van der Waals surface area (Å²) in [6.07, 6.45) is 0.635. The lowest BCUT2D eigenvalue weighted by Gasteiger charge is -2.17. The molecular weight excluding hydrogens is 260 g/mol. The normalized spacial score (nSPS) is 10.3. The third-order valence-electron chi connectivity index (χ3n) is 2.86. The average Bonchev–Trinajstić information content (AvgIpc) is 2.94. The Balaban J connectivity index is 2.33. The predicted molar refractivity (Wildman–Crippen MR) is 71.9 cm³/mol. The molecule has 2 N–H and O–H groups in total. The molecule has 0 atom stereocenters. The highest BCUT2D eigenvalue weighted by molar-refractivity contribution is 6.07. The Labute approximate surface area is 115 Å². The SMILES string of the molecule is CCc1nc(C(=O)N(C)c2ccccc2C(=O)O)n[nH]1. The van der Waals surface area contributed by atoms with Gasteiger partial charge in [0.2, 0.25) is 5.82 Å². The largest absolute Gasteiger partial charge is 0.478 e. The summed E-state index contributed by atoms with van der Waals surface area (Å²) in [5.74, 6) is -0.933. The van der Waals surface area contributed by atoms with E-state index in [1.54, 1.807) is 18.2 Å². The van der Waals surface area contributed by atoms with Crippen LogP contribution in [0.5, 0.6) is 0 Å². The van der Waals surface area contributed by atoms with E-state index in [9.17, 15) is 9.59 Å². The molecule has 0 spiro atoms. The summed E-state index contributed by atoms with van der Waals surface area (Å²) in [6, 6.07) is 6.28. The molecule has 2 aromatic rings. The third kappa shape index (κ3) is 2.51. The minimum Gasteiger partial charge on any atom is -0.478 e. The number of hydrogen-bond donors (Lipinski definition) is 2. The van der Waals surface area contributed by atoms with Crippen LogP contribution in [-0.4, -0.2) is 39.2 Å². The zero-order chi connectivity index (χ0) is 14.7. The number of amides is 1. The topological polar surface area (TPSA) is 99.2 Å². The zero-order valence-electron chi connectivity index (χ0n) is 11.1. The molecule has 1 aromatic heterocycles. The van der Waals surface area contributed by atoms with Crippen LogP contribution in [0.25, 0.3) is 0 Å². The molecular formula is C13H14N4O3. The van der Waals surface area contributed by atoms with Crippen LogP contribution in [-0.2, 0) is 6.42 Å². The van der Waals surface area contributed by atoms with Gasteiger partial charge >= 0.3 is 5.97 Å². The fraction of sp³-hybridized carbons (Fsp3) is 0.231. The van der Waals surface area contributed by atoms with Crippen LogP contribution in [0.15, 0.2) is 24.3 Å². The van der Waals surface area contributed by atoms with E-state index < -0.39 is 11.9 Å². The van der Waals surface area contributed by atoms with Crippen LogP contribution in [0.2, 0.25) is 0 Å². The molecule has 0 aliphatic carbocycles. The molecule has 104 valence electrons. The second-order valence-electron chi connectivity index (χ2n) is 4.15. The standard InChI is InChI=1S/C13H14N4O3/c1-3-10-14-11(16-15-10)12(18)17(2)9-7-5-4-6-8(9)13(19)20/h4-7H,3H2,1-2H3,(H,19,20)(H,14,15,16). The number of aromatic carboxylic acids is 1. The molecule has 0 radical (unpaired) electrons. The second kappa shape index (κ2) is 5.52. The Morgan fingerprint density at radius 3 is 2.65 bits per heavy atom. The number of anilines is 1. The van der Waals surface area contributed by atoms with Crippen molar-refractivity contribution in [1.29, 1.82) is 0 Å². The summed E-state index contributed by atoms with van der Waals surface area (Å²) in [6.45, 7) is 1.89. The Kier molecular flexibility index (Phi) is 3.79. The number of para-hydroxylation sites is 1. The van der Waals surface area contributed by atoms with Gasteiger partial charge in [-0.3, -0.25) is 9.89 Å². The number of aromatic amines is 1. The van der Waals surface area contributed by atoms with Crippen molar-refractivity contribution in [3.05, 3.63) is 41.5 Å². The molecule has 20 heavy (non-hydrogen) atoms. The molecule has 0 fully saturated rings. The summed E-state index contributed by atoms with van der Waals surface area (Å²) in [5.41, 5.74) is 0.349. The van der Waals surface area contributed by atoms with Crippen molar-refractivity contribution in [2.45, 2.75) is 13.3 Å². The first kappa shape index (κ1) is 13.7. The van der Waals surface area contributed by atoms with Crippen LogP contribution < -0.4 is 4.90 Å². The predicted octanol–water partition coefficient (Wildman–Crippen LogP) is 1.34. The van der Waals surface area contributed by atoms with Crippen LogP contribution in [0, 0.1) is 0 Å². The highest BCUT2D eigenvalue weighted by Crippen LogP contribution is 2.20. The number of carbonyl (C=O) groups is 2. The van der Waals surface area contributed by atoms with E-state index in [-0.39, 0.29) is 11.4 Å². The van der Waals surface area contributed by atoms with E-state index in [2.05, 4.69) is 15.2 Å². The summed E-state index contributed by atoms with van der Waals surface area (Å²) in [5, 5.41) is 15.6. The number of benzene rings is 1. The molecule has 0 unspecified atom stereocenters. The summed E-state index contributed by atoms with van der Waals surface area (Å²) >= 11 is 0. The Hall–Kier alpha value is -2.70. The van der Waals surface area contributed by atoms with Crippen molar-refractivity contribution < 1.29 is 14.7 Å². The van der Waals surface area contributed by atoms with Gasteiger partial charge in [0.1, 0.15) is 5.82 Å². The Morgan fingerprint density at radius 1 is 1.35 bits per heavy atom. The van der Waals surface area contributed by atoms with Crippen LogP contribution in [0.3, 0.4) is 0 Å². The summed E-state index contributed by atoms with van der Waals surface area (Å²) in [4.78, 5) is 28.7. The molecule has 0 aliphatic rings. The number of nitrogens with zero attached hydrogens (tertiary/aromatic N) is 3. The van der Waals surface area contributed by atoms with Gasteiger partial charge in [0.25, 0.3) is 5.91 Å². The molecule has 7 heteroatoms. The number of carbonyl (C=O) groups excluding carboxylic acids is 1. The van der Waals surface area contributed by atoms with E-state index in [0.29, 0.717) is 17.9 Å². The molecule has 1 amide bonds. The molecule has 2 rings (SSSR count). The van der Waals surface area contributed by atoms with Crippen molar-refractivity contribution in [1.82, 2.24) is 15.2 Å². The highest BCUT2D eigenvalue weighted by atomic mass is 16.4. The monoisotopic (exact) mass is 274 g/mol. The molecule has 7 nitrogen and oxygen atoms in total. The van der Waals surface area contributed by atoms with Gasteiger partial charge in [0.05, 0.1) is 11.3 Å². The maximum Gasteiger partial charge on any atom is 0.337 e. The molecule has 1 aromatic carbocycles. The molecule has 1 heterocycles. The zero-order valence-corrected chi connectivity index (χ0v) is 11.1. The number of aryl methyl sites for hydroxylation is 1. The third-order valence-corrected chi connectivity index (χ3v) is 2.86. The first-order valence-corrected chi connectivity index (χ1v) is 6.06. The number of nitrogens with one attached hydrogen (secondary N) is 1. The molecule has 0 saturated carbocycles. The number of H-pyrrole nitrogens is 1. The first-order valence-electron chi connectivity index (χ1n) is 6.06. The van der Waals surface area contributed by atoms with Gasteiger partial charge in [0, 0.05) is 13.5 Å². The maximum atomic E-state index is 12.2. The minimum absolute atomic E-state index is 0.0181. The number of carboxylic acids is 1. The van der Waals surface area contributed by atoms with Crippen LogP contribution >= 0.6 is 0 Å². The lowest BCUT2D eigenvalue weighted by Crippen LogP contribution is -2.28. The van der Waals surface area contributed by atoms with Crippen molar-refractivity contribution in [3.63, 3.8) is 0 Å². The van der Waals surface area contributed by atoms with E-state index in [1.807, 2.05) is 6.92 Å². The lowest BCUT2D eigenvalue weighted by atomic mass is 10.1. The first-order chi connectivity index (χ1) is 9.54. The van der Waals surface area contributed by atoms with E-state index >= 15 is 0 Å². The number of hydrogen-bond acceptors (Lipinski definition) is 4. The molecule has 0 saturated heterocycles. The Bertz CT molecular complexity index is 651. The van der Waals surface area contributed by atoms with E-state index in [0.717, 1.165) is 0 Å². The van der Waals surface area contributed by atoms with Gasteiger partial charge in [-0.2, -0.15) is 0 Å². The van der Waals surface area contributed by atoms with E-state index in [1.165, 1.54) is 18.0 Å². The van der Waals surface area contributed by atoms with Crippen molar-refractivity contribution in [2.75, 3.05) is 11.9 Å². The fourth-order valence-electron chi connectivity index (χ4n) is 1.76. The van der Waals surface area contributed by atoms with Gasteiger partial charge < -0.3 is 10.0 Å². The number of carboxylic acid groups (broad SMARTS) is 1. The number of aromatic nitrogens is 3. The van der Waals surface area contributed by atoms with Crippen molar-refractivity contribution >= 4 is 17.6 Å². The van der Waals surface area contributed by atoms with Gasteiger partial charge in [0.15, 0.2) is 0 Å². The summed E-state index contributed by atoms with van der Waals surface area (Å²) < 4.78 is 0.